The van der Waals surface area contributed by atoms with Crippen molar-refractivity contribution in [2.75, 3.05) is 19.7 Å². The van der Waals surface area contributed by atoms with Crippen LogP contribution in [0.1, 0.15) is 18.9 Å². The maximum absolute atomic E-state index is 5.94. The molecular formula is C12H16ClNO. The third-order valence-electron chi connectivity index (χ3n) is 3.01. The van der Waals surface area contributed by atoms with Crippen LogP contribution in [0.25, 0.3) is 0 Å². The van der Waals surface area contributed by atoms with Gasteiger partial charge in [-0.05, 0) is 24.1 Å². The second-order valence-electron chi connectivity index (χ2n) is 3.88. The van der Waals surface area contributed by atoms with E-state index < -0.39 is 0 Å². The molecule has 82 valence electrons. The monoisotopic (exact) mass is 225 g/mol. The molecule has 1 aromatic rings. The summed E-state index contributed by atoms with van der Waals surface area (Å²) in [6.45, 7) is 4.75. The molecule has 1 atom stereocenters. The Morgan fingerprint density at radius 1 is 1.40 bits per heavy atom. The van der Waals surface area contributed by atoms with E-state index in [0.29, 0.717) is 0 Å². The molecule has 2 rings (SSSR count). The number of hydrogen-bond donors (Lipinski definition) is 1. The molecule has 0 radical (unpaired) electrons. The molecule has 1 heterocycles. The van der Waals surface area contributed by atoms with Crippen molar-refractivity contribution in [3.8, 4) is 0 Å². The third kappa shape index (κ3) is 2.17. The van der Waals surface area contributed by atoms with E-state index in [9.17, 15) is 0 Å². The predicted molar refractivity (Wildman–Crippen MR) is 62.2 cm³/mol. The van der Waals surface area contributed by atoms with Gasteiger partial charge in [0.05, 0.1) is 6.61 Å². The Kier molecular flexibility index (Phi) is 3.29. The normalized spacial score (nSPS) is 26.5. The Morgan fingerprint density at radius 2 is 2.13 bits per heavy atom. The summed E-state index contributed by atoms with van der Waals surface area (Å²) in [5.41, 5.74) is 1.05. The lowest BCUT2D eigenvalue weighted by Gasteiger charge is -2.37. The Hall–Kier alpha value is -0.570. The summed E-state index contributed by atoms with van der Waals surface area (Å²) in [4.78, 5) is 0. The highest BCUT2D eigenvalue weighted by molar-refractivity contribution is 6.30. The highest BCUT2D eigenvalue weighted by Crippen LogP contribution is 2.31. The molecule has 0 spiro atoms. The molecule has 15 heavy (non-hydrogen) atoms. The summed E-state index contributed by atoms with van der Waals surface area (Å²) in [5.74, 6) is 0. The van der Waals surface area contributed by atoms with Gasteiger partial charge in [-0.3, -0.25) is 0 Å². The van der Waals surface area contributed by atoms with E-state index in [2.05, 4.69) is 24.4 Å². The van der Waals surface area contributed by atoms with Gasteiger partial charge in [0.25, 0.3) is 0 Å². The van der Waals surface area contributed by atoms with Crippen molar-refractivity contribution >= 4 is 11.6 Å². The van der Waals surface area contributed by atoms with Crippen LogP contribution >= 0.6 is 11.6 Å². The van der Waals surface area contributed by atoms with Crippen molar-refractivity contribution in [3.63, 3.8) is 0 Å². The molecule has 2 nitrogen and oxygen atoms in total. The summed E-state index contributed by atoms with van der Waals surface area (Å²) in [6, 6.07) is 7.95. The lowest BCUT2D eigenvalue weighted by Crippen LogP contribution is -2.47. The van der Waals surface area contributed by atoms with Gasteiger partial charge in [-0.25, -0.2) is 0 Å². The quantitative estimate of drug-likeness (QED) is 0.836. The van der Waals surface area contributed by atoms with Crippen molar-refractivity contribution in [1.29, 1.82) is 0 Å². The Labute approximate surface area is 95.6 Å². The van der Waals surface area contributed by atoms with E-state index in [-0.39, 0.29) is 5.60 Å². The number of rotatable bonds is 2. The van der Waals surface area contributed by atoms with Gasteiger partial charge in [-0.15, -0.1) is 0 Å². The molecule has 1 aliphatic heterocycles. The Bertz CT molecular complexity index is 317. The van der Waals surface area contributed by atoms with Crippen molar-refractivity contribution in [2.45, 2.75) is 18.9 Å². The van der Waals surface area contributed by atoms with Gasteiger partial charge in [0.2, 0.25) is 0 Å². The summed E-state index contributed by atoms with van der Waals surface area (Å²) in [7, 11) is 0. The van der Waals surface area contributed by atoms with E-state index in [0.717, 1.165) is 31.1 Å². The van der Waals surface area contributed by atoms with Gasteiger partial charge >= 0.3 is 0 Å². The zero-order chi connectivity index (χ0) is 10.7. The van der Waals surface area contributed by atoms with Gasteiger partial charge in [-0.1, -0.05) is 30.7 Å². The Balaban J connectivity index is 2.28. The molecule has 1 saturated heterocycles. The van der Waals surface area contributed by atoms with Crippen molar-refractivity contribution in [2.24, 2.45) is 0 Å². The highest BCUT2D eigenvalue weighted by atomic mass is 35.5. The number of nitrogens with one attached hydrogen (secondary N) is 1. The van der Waals surface area contributed by atoms with Crippen LogP contribution in [0.4, 0.5) is 0 Å². The van der Waals surface area contributed by atoms with Crippen LogP contribution in [-0.2, 0) is 10.3 Å². The first-order valence-electron chi connectivity index (χ1n) is 5.37. The standard InChI is InChI=1S/C12H16ClNO/c1-2-12(9-14-7-8-15-12)10-3-5-11(13)6-4-10/h3-6,14H,2,7-9H2,1H3/t12-/m0/s1. The molecule has 0 aliphatic carbocycles. The van der Waals surface area contributed by atoms with Crippen LogP contribution in [0.2, 0.25) is 5.02 Å². The lowest BCUT2D eigenvalue weighted by atomic mass is 9.90. The average Bonchev–Trinajstić information content (AvgIpc) is 2.31. The van der Waals surface area contributed by atoms with Crippen LogP contribution in [-0.4, -0.2) is 19.7 Å². The molecule has 0 saturated carbocycles. The van der Waals surface area contributed by atoms with E-state index in [1.165, 1.54) is 5.56 Å². The summed E-state index contributed by atoms with van der Waals surface area (Å²) in [5, 5.41) is 4.15. The fraction of sp³-hybridized carbons (Fsp3) is 0.500. The minimum Gasteiger partial charge on any atom is -0.368 e. The predicted octanol–water partition coefficient (Wildman–Crippen LogP) is 2.57. The van der Waals surface area contributed by atoms with Crippen LogP contribution in [0, 0.1) is 0 Å². The minimum atomic E-state index is -0.164. The largest absolute Gasteiger partial charge is 0.368 e. The molecular weight excluding hydrogens is 210 g/mol. The van der Waals surface area contributed by atoms with E-state index in [4.69, 9.17) is 16.3 Å². The first-order chi connectivity index (χ1) is 7.27. The van der Waals surface area contributed by atoms with E-state index in [1.54, 1.807) is 0 Å². The SMILES string of the molecule is CC[C@@]1(c2ccc(Cl)cc2)CNCCO1. The zero-order valence-electron chi connectivity index (χ0n) is 8.92. The van der Waals surface area contributed by atoms with Crippen molar-refractivity contribution in [3.05, 3.63) is 34.9 Å². The van der Waals surface area contributed by atoms with Crippen molar-refractivity contribution in [1.82, 2.24) is 5.32 Å². The van der Waals surface area contributed by atoms with Crippen molar-refractivity contribution < 1.29 is 4.74 Å². The molecule has 1 aromatic carbocycles. The third-order valence-corrected chi connectivity index (χ3v) is 3.26. The molecule has 0 aromatic heterocycles. The number of halogens is 1. The van der Waals surface area contributed by atoms with Crippen LogP contribution < -0.4 is 5.32 Å². The van der Waals surface area contributed by atoms with Gasteiger partial charge in [0, 0.05) is 18.1 Å². The summed E-state index contributed by atoms with van der Waals surface area (Å²) >= 11 is 5.88. The highest BCUT2D eigenvalue weighted by Gasteiger charge is 2.33. The average molecular weight is 226 g/mol. The van der Waals surface area contributed by atoms with Gasteiger partial charge in [-0.2, -0.15) is 0 Å². The second-order valence-corrected chi connectivity index (χ2v) is 4.32. The fourth-order valence-corrected chi connectivity index (χ4v) is 2.16. The maximum atomic E-state index is 5.94. The molecule has 1 N–H and O–H groups in total. The summed E-state index contributed by atoms with van der Waals surface area (Å²) < 4.78 is 5.94. The fourth-order valence-electron chi connectivity index (χ4n) is 2.03. The topological polar surface area (TPSA) is 21.3 Å². The first-order valence-corrected chi connectivity index (χ1v) is 5.75. The van der Waals surface area contributed by atoms with Gasteiger partial charge in [0.1, 0.15) is 5.60 Å². The smallest absolute Gasteiger partial charge is 0.105 e. The summed E-state index contributed by atoms with van der Waals surface area (Å²) in [6.07, 6.45) is 0.974. The number of morpholine rings is 1. The molecule has 0 bridgehead atoms. The molecule has 1 aliphatic rings. The molecule has 1 fully saturated rings. The first kappa shape index (κ1) is 10.9. The van der Waals surface area contributed by atoms with Crippen LogP contribution in [0.3, 0.4) is 0 Å². The number of hydrogen-bond acceptors (Lipinski definition) is 2. The molecule has 0 unspecified atom stereocenters. The number of ether oxygens (including phenoxy) is 1. The maximum Gasteiger partial charge on any atom is 0.105 e. The van der Waals surface area contributed by atoms with E-state index in [1.807, 2.05) is 12.1 Å². The zero-order valence-corrected chi connectivity index (χ0v) is 9.68. The van der Waals surface area contributed by atoms with E-state index >= 15 is 0 Å². The molecule has 3 heteroatoms. The minimum absolute atomic E-state index is 0.164. The van der Waals surface area contributed by atoms with Gasteiger partial charge in [0.15, 0.2) is 0 Å². The van der Waals surface area contributed by atoms with Crippen LogP contribution in [0.5, 0.6) is 0 Å². The lowest BCUT2D eigenvalue weighted by molar-refractivity contribution is -0.0737. The second kappa shape index (κ2) is 4.52. The number of benzene rings is 1. The van der Waals surface area contributed by atoms with Crippen LogP contribution in [0.15, 0.2) is 24.3 Å². The van der Waals surface area contributed by atoms with Gasteiger partial charge < -0.3 is 10.1 Å². The Morgan fingerprint density at radius 3 is 2.67 bits per heavy atom. The molecule has 0 amide bonds.